The number of benzene rings is 1. The molecule has 0 radical (unpaired) electrons. The molecule has 2 N–H and O–H groups in total. The van der Waals surface area contributed by atoms with Gasteiger partial charge in [0.05, 0.1) is 6.10 Å². The summed E-state index contributed by atoms with van der Waals surface area (Å²) in [5, 5.41) is 15.2. The summed E-state index contributed by atoms with van der Waals surface area (Å²) in [5.74, 6) is 0. The molecule has 1 aromatic carbocycles. The van der Waals surface area contributed by atoms with Gasteiger partial charge in [-0.3, -0.25) is 0 Å². The SMILES string of the molecule is CSC1CCC(NCC(O)c2ccc(Cl)cc2)CC1. The van der Waals surface area contributed by atoms with Gasteiger partial charge in [0.15, 0.2) is 0 Å². The molecule has 2 rings (SSSR count). The molecule has 106 valence electrons. The fourth-order valence-electron chi connectivity index (χ4n) is 2.58. The van der Waals surface area contributed by atoms with Gasteiger partial charge in [-0.05, 0) is 49.6 Å². The molecule has 1 atom stereocenters. The van der Waals surface area contributed by atoms with Crippen LogP contribution in [0.2, 0.25) is 5.02 Å². The van der Waals surface area contributed by atoms with Gasteiger partial charge in [-0.25, -0.2) is 0 Å². The molecule has 0 aliphatic heterocycles. The van der Waals surface area contributed by atoms with E-state index in [1.807, 2.05) is 36.0 Å². The van der Waals surface area contributed by atoms with Crippen LogP contribution in [0.3, 0.4) is 0 Å². The van der Waals surface area contributed by atoms with Crippen molar-refractivity contribution in [3.05, 3.63) is 34.9 Å². The highest BCUT2D eigenvalue weighted by atomic mass is 35.5. The molecule has 1 aliphatic rings. The van der Waals surface area contributed by atoms with Crippen molar-refractivity contribution in [3.63, 3.8) is 0 Å². The zero-order valence-electron chi connectivity index (χ0n) is 11.3. The fourth-order valence-corrected chi connectivity index (χ4v) is 3.45. The van der Waals surface area contributed by atoms with Crippen LogP contribution in [0.15, 0.2) is 24.3 Å². The van der Waals surface area contributed by atoms with E-state index in [9.17, 15) is 5.11 Å². The molecule has 0 amide bonds. The monoisotopic (exact) mass is 299 g/mol. The largest absolute Gasteiger partial charge is 0.387 e. The Labute approximate surface area is 124 Å². The van der Waals surface area contributed by atoms with Crippen molar-refractivity contribution < 1.29 is 5.11 Å². The summed E-state index contributed by atoms with van der Waals surface area (Å²) >= 11 is 7.82. The van der Waals surface area contributed by atoms with E-state index in [0.29, 0.717) is 17.6 Å². The lowest BCUT2D eigenvalue weighted by molar-refractivity contribution is 0.166. The van der Waals surface area contributed by atoms with Crippen LogP contribution in [0, 0.1) is 0 Å². The first kappa shape index (κ1) is 15.2. The van der Waals surface area contributed by atoms with Crippen LogP contribution in [-0.4, -0.2) is 29.2 Å². The predicted octanol–water partition coefficient (Wildman–Crippen LogP) is 3.64. The highest BCUT2D eigenvalue weighted by Gasteiger charge is 2.20. The summed E-state index contributed by atoms with van der Waals surface area (Å²) in [6.45, 7) is 0.621. The lowest BCUT2D eigenvalue weighted by atomic mass is 9.94. The Hall–Kier alpha value is -0.220. The molecular formula is C15H22ClNOS. The highest BCUT2D eigenvalue weighted by molar-refractivity contribution is 7.99. The molecule has 0 heterocycles. The van der Waals surface area contributed by atoms with Crippen LogP contribution < -0.4 is 5.32 Å². The molecule has 0 saturated heterocycles. The number of nitrogens with one attached hydrogen (secondary N) is 1. The molecule has 1 saturated carbocycles. The number of halogens is 1. The Morgan fingerprint density at radius 2 is 1.89 bits per heavy atom. The maximum Gasteiger partial charge on any atom is 0.0914 e. The van der Waals surface area contributed by atoms with Crippen molar-refractivity contribution in [3.8, 4) is 0 Å². The van der Waals surface area contributed by atoms with Crippen molar-refractivity contribution in [2.75, 3.05) is 12.8 Å². The Morgan fingerprint density at radius 1 is 1.26 bits per heavy atom. The van der Waals surface area contributed by atoms with E-state index in [2.05, 4.69) is 11.6 Å². The van der Waals surface area contributed by atoms with E-state index in [0.717, 1.165) is 10.8 Å². The smallest absolute Gasteiger partial charge is 0.0914 e. The molecule has 0 aromatic heterocycles. The van der Waals surface area contributed by atoms with Crippen LogP contribution in [0.25, 0.3) is 0 Å². The van der Waals surface area contributed by atoms with Gasteiger partial charge in [-0.15, -0.1) is 0 Å². The maximum atomic E-state index is 10.1. The zero-order valence-corrected chi connectivity index (χ0v) is 12.9. The van der Waals surface area contributed by atoms with Gasteiger partial charge in [0.2, 0.25) is 0 Å². The quantitative estimate of drug-likeness (QED) is 0.871. The van der Waals surface area contributed by atoms with Gasteiger partial charge in [0, 0.05) is 22.9 Å². The summed E-state index contributed by atoms with van der Waals surface area (Å²) in [6, 6.07) is 7.98. The molecular weight excluding hydrogens is 278 g/mol. The van der Waals surface area contributed by atoms with Gasteiger partial charge in [0.1, 0.15) is 0 Å². The third-order valence-corrected chi connectivity index (χ3v) is 5.25. The van der Waals surface area contributed by atoms with Crippen molar-refractivity contribution in [1.29, 1.82) is 0 Å². The van der Waals surface area contributed by atoms with Crippen molar-refractivity contribution in [1.82, 2.24) is 5.32 Å². The summed E-state index contributed by atoms with van der Waals surface area (Å²) in [4.78, 5) is 0. The van der Waals surface area contributed by atoms with E-state index in [-0.39, 0.29) is 0 Å². The molecule has 1 aromatic rings. The molecule has 1 aliphatic carbocycles. The van der Waals surface area contributed by atoms with E-state index < -0.39 is 6.10 Å². The average Bonchev–Trinajstić information content (AvgIpc) is 2.46. The Morgan fingerprint density at radius 3 is 2.47 bits per heavy atom. The normalized spacial score (nSPS) is 25.2. The topological polar surface area (TPSA) is 32.3 Å². The zero-order chi connectivity index (χ0) is 13.7. The third-order valence-electron chi connectivity index (χ3n) is 3.86. The number of thioether (sulfide) groups is 1. The lowest BCUT2D eigenvalue weighted by Gasteiger charge is -2.29. The van der Waals surface area contributed by atoms with E-state index >= 15 is 0 Å². The van der Waals surface area contributed by atoms with Gasteiger partial charge < -0.3 is 10.4 Å². The summed E-state index contributed by atoms with van der Waals surface area (Å²) in [6.07, 6.45) is 6.77. The maximum absolute atomic E-state index is 10.1. The Balaban J connectivity index is 1.75. The third kappa shape index (κ3) is 4.67. The van der Waals surface area contributed by atoms with Crippen LogP contribution in [0.1, 0.15) is 37.4 Å². The average molecular weight is 300 g/mol. The van der Waals surface area contributed by atoms with Crippen molar-refractivity contribution in [2.45, 2.75) is 43.1 Å². The molecule has 19 heavy (non-hydrogen) atoms. The molecule has 0 spiro atoms. The van der Waals surface area contributed by atoms with E-state index in [1.165, 1.54) is 25.7 Å². The minimum Gasteiger partial charge on any atom is -0.387 e. The first-order valence-corrected chi connectivity index (χ1v) is 8.55. The summed E-state index contributed by atoms with van der Waals surface area (Å²) in [7, 11) is 0. The molecule has 1 fully saturated rings. The highest BCUT2D eigenvalue weighted by Crippen LogP contribution is 2.27. The van der Waals surface area contributed by atoms with Gasteiger partial charge >= 0.3 is 0 Å². The van der Waals surface area contributed by atoms with Gasteiger partial charge in [-0.1, -0.05) is 23.7 Å². The molecule has 4 heteroatoms. The second-order valence-corrected chi connectivity index (χ2v) is 6.76. The van der Waals surface area contributed by atoms with Crippen LogP contribution >= 0.6 is 23.4 Å². The second kappa shape index (κ2) is 7.53. The number of rotatable bonds is 5. The minimum atomic E-state index is -0.449. The first-order valence-electron chi connectivity index (χ1n) is 6.88. The van der Waals surface area contributed by atoms with Crippen LogP contribution in [0.5, 0.6) is 0 Å². The number of hydrogen-bond acceptors (Lipinski definition) is 3. The second-order valence-electron chi connectivity index (χ2n) is 5.18. The van der Waals surface area contributed by atoms with Crippen LogP contribution in [0.4, 0.5) is 0 Å². The van der Waals surface area contributed by atoms with Crippen molar-refractivity contribution >= 4 is 23.4 Å². The minimum absolute atomic E-state index is 0.449. The summed E-state index contributed by atoms with van der Waals surface area (Å²) < 4.78 is 0. The lowest BCUT2D eigenvalue weighted by Crippen LogP contribution is -2.36. The van der Waals surface area contributed by atoms with Gasteiger partial charge in [-0.2, -0.15) is 11.8 Å². The van der Waals surface area contributed by atoms with Crippen LogP contribution in [-0.2, 0) is 0 Å². The molecule has 1 unspecified atom stereocenters. The van der Waals surface area contributed by atoms with Crippen molar-refractivity contribution in [2.24, 2.45) is 0 Å². The number of aliphatic hydroxyl groups excluding tert-OH is 1. The van der Waals surface area contributed by atoms with Gasteiger partial charge in [0.25, 0.3) is 0 Å². The summed E-state index contributed by atoms with van der Waals surface area (Å²) in [5.41, 5.74) is 0.926. The molecule has 2 nitrogen and oxygen atoms in total. The van der Waals surface area contributed by atoms with E-state index in [4.69, 9.17) is 11.6 Å². The molecule has 0 bridgehead atoms. The Bertz CT molecular complexity index is 376. The predicted molar refractivity (Wildman–Crippen MR) is 84.0 cm³/mol. The van der Waals surface area contributed by atoms with E-state index in [1.54, 1.807) is 0 Å². The first-order chi connectivity index (χ1) is 9.19. The fraction of sp³-hybridized carbons (Fsp3) is 0.600. The Kier molecular flexibility index (Phi) is 6.02. The number of hydrogen-bond donors (Lipinski definition) is 2. The number of aliphatic hydroxyl groups is 1. The standard InChI is InChI=1S/C15H22ClNOS/c1-19-14-8-6-13(7-9-14)17-10-15(18)11-2-4-12(16)5-3-11/h2-5,13-15,17-18H,6-10H2,1H3.